The Kier molecular flexibility index (Phi) is 3.61. The van der Waals surface area contributed by atoms with Crippen molar-refractivity contribution in [1.82, 2.24) is 4.98 Å². The van der Waals surface area contributed by atoms with Crippen LogP contribution in [-0.4, -0.2) is 9.91 Å². The number of nitrogen functional groups attached to an aromatic ring is 1. The molecule has 0 unspecified atom stereocenters. The zero-order valence-electron chi connectivity index (χ0n) is 10.5. The first-order valence-corrected chi connectivity index (χ1v) is 5.87. The fraction of sp³-hybridized carbons (Fsp3) is 0.154. The number of pyridine rings is 1. The number of para-hydroxylation sites is 1. The van der Waals surface area contributed by atoms with Gasteiger partial charge in [-0.15, -0.1) is 0 Å². The highest BCUT2D eigenvalue weighted by Gasteiger charge is 2.16. The van der Waals surface area contributed by atoms with E-state index >= 15 is 0 Å². The molecule has 1 heterocycles. The van der Waals surface area contributed by atoms with E-state index in [1.165, 1.54) is 12.1 Å². The SMILES string of the molecule is CCc1ccccc1Nc1nc(N)ccc1[N+](=O)[O-]. The van der Waals surface area contributed by atoms with Gasteiger partial charge in [0, 0.05) is 11.8 Å². The highest BCUT2D eigenvalue weighted by Crippen LogP contribution is 2.28. The number of nitrogens with zero attached hydrogens (tertiary/aromatic N) is 2. The predicted octanol–water partition coefficient (Wildman–Crippen LogP) is 2.88. The molecule has 0 aliphatic carbocycles. The lowest BCUT2D eigenvalue weighted by Gasteiger charge is -2.10. The zero-order chi connectivity index (χ0) is 13.8. The Hall–Kier alpha value is -2.63. The summed E-state index contributed by atoms with van der Waals surface area (Å²) in [7, 11) is 0. The van der Waals surface area contributed by atoms with E-state index in [4.69, 9.17) is 5.73 Å². The molecule has 0 saturated heterocycles. The number of aromatic nitrogens is 1. The topological polar surface area (TPSA) is 94.1 Å². The molecule has 2 rings (SSSR count). The minimum Gasteiger partial charge on any atom is -0.384 e. The van der Waals surface area contributed by atoms with Crippen molar-refractivity contribution in [3.05, 3.63) is 52.1 Å². The third-order valence-corrected chi connectivity index (χ3v) is 2.74. The average Bonchev–Trinajstić information content (AvgIpc) is 2.39. The lowest BCUT2D eigenvalue weighted by Crippen LogP contribution is -2.03. The molecule has 2 aromatic rings. The van der Waals surface area contributed by atoms with Crippen LogP contribution < -0.4 is 11.1 Å². The van der Waals surface area contributed by atoms with Gasteiger partial charge < -0.3 is 11.1 Å². The minimum absolute atomic E-state index is 0.0971. The Balaban J connectivity index is 2.42. The third kappa shape index (κ3) is 2.79. The number of nitrogens with two attached hydrogens (primary N) is 1. The van der Waals surface area contributed by atoms with Gasteiger partial charge in [-0.3, -0.25) is 10.1 Å². The Morgan fingerprint density at radius 3 is 2.74 bits per heavy atom. The summed E-state index contributed by atoms with van der Waals surface area (Å²) in [5, 5.41) is 13.9. The van der Waals surface area contributed by atoms with Crippen molar-refractivity contribution < 1.29 is 4.92 Å². The summed E-state index contributed by atoms with van der Waals surface area (Å²) in [6.07, 6.45) is 0.819. The second-order valence-electron chi connectivity index (χ2n) is 4.00. The molecule has 3 N–H and O–H groups in total. The molecule has 0 spiro atoms. The van der Waals surface area contributed by atoms with Gasteiger partial charge in [0.2, 0.25) is 5.82 Å². The maximum atomic E-state index is 11.0. The van der Waals surface area contributed by atoms with Crippen molar-refractivity contribution in [1.29, 1.82) is 0 Å². The summed E-state index contributed by atoms with van der Waals surface area (Å²) in [4.78, 5) is 14.5. The molecule has 98 valence electrons. The van der Waals surface area contributed by atoms with Gasteiger partial charge in [0.1, 0.15) is 5.82 Å². The van der Waals surface area contributed by atoms with Gasteiger partial charge in [0.15, 0.2) is 0 Å². The van der Waals surface area contributed by atoms with E-state index in [0.717, 1.165) is 17.7 Å². The standard InChI is InChI=1S/C13H14N4O2/c1-2-9-5-3-4-6-10(9)15-13-11(17(18)19)7-8-12(14)16-13/h3-8H,2H2,1H3,(H3,14,15,16). The summed E-state index contributed by atoms with van der Waals surface area (Å²) in [5.74, 6) is 0.396. The predicted molar refractivity (Wildman–Crippen MR) is 74.4 cm³/mol. The van der Waals surface area contributed by atoms with Crippen LogP contribution in [0.1, 0.15) is 12.5 Å². The van der Waals surface area contributed by atoms with Crippen LogP contribution in [0.5, 0.6) is 0 Å². The fourth-order valence-electron chi connectivity index (χ4n) is 1.78. The monoisotopic (exact) mass is 258 g/mol. The average molecular weight is 258 g/mol. The summed E-state index contributed by atoms with van der Waals surface area (Å²) in [5.41, 5.74) is 7.33. The molecule has 6 heteroatoms. The van der Waals surface area contributed by atoms with Crippen LogP contribution in [0.2, 0.25) is 0 Å². The number of hydrogen-bond donors (Lipinski definition) is 2. The quantitative estimate of drug-likeness (QED) is 0.649. The Morgan fingerprint density at radius 2 is 2.05 bits per heavy atom. The van der Waals surface area contributed by atoms with Crippen molar-refractivity contribution in [2.24, 2.45) is 0 Å². The maximum Gasteiger partial charge on any atom is 0.311 e. The van der Waals surface area contributed by atoms with E-state index in [9.17, 15) is 10.1 Å². The fourth-order valence-corrected chi connectivity index (χ4v) is 1.78. The van der Waals surface area contributed by atoms with Crippen molar-refractivity contribution in [2.45, 2.75) is 13.3 Å². The van der Waals surface area contributed by atoms with E-state index in [1.807, 2.05) is 31.2 Å². The first kappa shape index (κ1) is 12.8. The zero-order valence-corrected chi connectivity index (χ0v) is 10.5. The van der Waals surface area contributed by atoms with E-state index in [1.54, 1.807) is 0 Å². The number of nitrogens with one attached hydrogen (secondary N) is 1. The molecule has 1 aromatic carbocycles. The summed E-state index contributed by atoms with van der Waals surface area (Å²) in [6, 6.07) is 10.4. The van der Waals surface area contributed by atoms with Crippen LogP contribution in [0.4, 0.5) is 23.0 Å². The van der Waals surface area contributed by atoms with E-state index < -0.39 is 4.92 Å². The van der Waals surface area contributed by atoms with Crippen LogP contribution in [0.15, 0.2) is 36.4 Å². The highest BCUT2D eigenvalue weighted by atomic mass is 16.6. The van der Waals surface area contributed by atoms with Gasteiger partial charge in [-0.2, -0.15) is 0 Å². The smallest absolute Gasteiger partial charge is 0.311 e. The van der Waals surface area contributed by atoms with Gasteiger partial charge in [-0.05, 0) is 24.1 Å². The summed E-state index contributed by atoms with van der Waals surface area (Å²) >= 11 is 0. The molecule has 1 aromatic heterocycles. The van der Waals surface area contributed by atoms with Gasteiger partial charge in [-0.25, -0.2) is 4.98 Å². The second kappa shape index (κ2) is 5.34. The highest BCUT2D eigenvalue weighted by molar-refractivity contribution is 5.69. The molecule has 0 amide bonds. The number of hydrogen-bond acceptors (Lipinski definition) is 5. The summed E-state index contributed by atoms with van der Waals surface area (Å²) < 4.78 is 0. The molecule has 6 nitrogen and oxygen atoms in total. The first-order chi connectivity index (χ1) is 9.11. The number of rotatable bonds is 4. The van der Waals surface area contributed by atoms with E-state index in [-0.39, 0.29) is 17.3 Å². The van der Waals surface area contributed by atoms with Crippen molar-refractivity contribution in [3.8, 4) is 0 Å². The number of benzene rings is 1. The van der Waals surface area contributed by atoms with Crippen LogP contribution >= 0.6 is 0 Å². The molecule has 19 heavy (non-hydrogen) atoms. The molecule has 0 aliphatic heterocycles. The third-order valence-electron chi connectivity index (χ3n) is 2.74. The molecule has 0 fully saturated rings. The molecule has 0 bridgehead atoms. The van der Waals surface area contributed by atoms with E-state index in [2.05, 4.69) is 10.3 Å². The van der Waals surface area contributed by atoms with E-state index in [0.29, 0.717) is 0 Å². The lowest BCUT2D eigenvalue weighted by atomic mass is 10.1. The number of aryl methyl sites for hydroxylation is 1. The molecule has 0 aliphatic rings. The van der Waals surface area contributed by atoms with Gasteiger partial charge in [0.25, 0.3) is 0 Å². The molecule has 0 radical (unpaired) electrons. The first-order valence-electron chi connectivity index (χ1n) is 5.87. The van der Waals surface area contributed by atoms with Crippen molar-refractivity contribution >= 4 is 23.0 Å². The number of nitro groups is 1. The maximum absolute atomic E-state index is 11.0. The Labute approximate surface area is 110 Å². The second-order valence-corrected chi connectivity index (χ2v) is 4.00. The van der Waals surface area contributed by atoms with Crippen LogP contribution in [0.3, 0.4) is 0 Å². The Bertz CT molecular complexity index is 613. The van der Waals surface area contributed by atoms with Gasteiger partial charge in [0.05, 0.1) is 4.92 Å². The Morgan fingerprint density at radius 1 is 1.32 bits per heavy atom. The molecular formula is C13H14N4O2. The van der Waals surface area contributed by atoms with Crippen LogP contribution in [-0.2, 0) is 6.42 Å². The molecule has 0 atom stereocenters. The van der Waals surface area contributed by atoms with Crippen molar-refractivity contribution in [3.63, 3.8) is 0 Å². The molecule has 0 saturated carbocycles. The normalized spacial score (nSPS) is 10.2. The lowest BCUT2D eigenvalue weighted by molar-refractivity contribution is -0.384. The number of anilines is 3. The van der Waals surface area contributed by atoms with Crippen LogP contribution in [0, 0.1) is 10.1 Å². The van der Waals surface area contributed by atoms with Crippen LogP contribution in [0.25, 0.3) is 0 Å². The minimum atomic E-state index is -0.483. The largest absolute Gasteiger partial charge is 0.384 e. The summed E-state index contributed by atoms with van der Waals surface area (Å²) in [6.45, 7) is 2.02. The molecular weight excluding hydrogens is 244 g/mol. The van der Waals surface area contributed by atoms with Gasteiger partial charge >= 0.3 is 5.69 Å². The van der Waals surface area contributed by atoms with Crippen molar-refractivity contribution in [2.75, 3.05) is 11.1 Å². The van der Waals surface area contributed by atoms with Gasteiger partial charge in [-0.1, -0.05) is 25.1 Å².